The molecule has 0 amide bonds. The largest absolute Gasteiger partial charge is 0.419 e. The summed E-state index contributed by atoms with van der Waals surface area (Å²) in [5.41, 5.74) is -0.334. The van der Waals surface area contributed by atoms with Gasteiger partial charge in [-0.25, -0.2) is 4.98 Å². The van der Waals surface area contributed by atoms with E-state index >= 15 is 0 Å². The average Bonchev–Trinajstić information content (AvgIpc) is 2.76. The van der Waals surface area contributed by atoms with Gasteiger partial charge < -0.3 is 9.64 Å². The molecule has 0 unspecified atom stereocenters. The fourth-order valence-electron chi connectivity index (χ4n) is 3.13. The molecule has 2 heterocycles. The van der Waals surface area contributed by atoms with Gasteiger partial charge in [0.15, 0.2) is 10.8 Å². The molecule has 5 nitrogen and oxygen atoms in total. The van der Waals surface area contributed by atoms with E-state index in [2.05, 4.69) is 4.98 Å². The third kappa shape index (κ3) is 4.18. The van der Waals surface area contributed by atoms with Crippen molar-refractivity contribution in [3.63, 3.8) is 0 Å². The van der Waals surface area contributed by atoms with E-state index in [1.54, 1.807) is 0 Å². The molecular formula is C20H19F3N4OS. The highest BCUT2D eigenvalue weighted by Crippen LogP contribution is 2.35. The number of anilines is 2. The van der Waals surface area contributed by atoms with Crippen molar-refractivity contribution in [2.75, 3.05) is 23.1 Å². The van der Waals surface area contributed by atoms with Gasteiger partial charge in [0.05, 0.1) is 29.6 Å². The van der Waals surface area contributed by atoms with E-state index in [1.165, 1.54) is 17.2 Å². The first kappa shape index (κ1) is 21.0. The number of rotatable bonds is 2. The van der Waals surface area contributed by atoms with Gasteiger partial charge in [-0.2, -0.15) is 18.4 Å². The molecule has 0 spiro atoms. The lowest BCUT2D eigenvalue weighted by Crippen LogP contribution is -2.52. The summed E-state index contributed by atoms with van der Waals surface area (Å²) in [5.74, 6) is 0. The molecule has 0 aliphatic carbocycles. The monoisotopic (exact) mass is 420 g/mol. The maximum absolute atomic E-state index is 13.4. The van der Waals surface area contributed by atoms with Crippen LogP contribution in [-0.2, 0) is 10.9 Å². The molecule has 0 atom stereocenters. The third-order valence-electron chi connectivity index (χ3n) is 4.59. The number of hydrogen-bond donors (Lipinski definition) is 0. The molecule has 1 aliphatic heterocycles. The van der Waals surface area contributed by atoms with Crippen molar-refractivity contribution in [3.8, 4) is 6.07 Å². The summed E-state index contributed by atoms with van der Waals surface area (Å²) in [6, 6.07) is 10.1. The lowest BCUT2D eigenvalue weighted by molar-refractivity contribution is -0.138. The number of nitriles is 1. The van der Waals surface area contributed by atoms with Crippen LogP contribution in [0.1, 0.15) is 30.7 Å². The van der Waals surface area contributed by atoms with Crippen LogP contribution in [-0.4, -0.2) is 29.0 Å². The summed E-state index contributed by atoms with van der Waals surface area (Å²) < 4.78 is 45.9. The highest BCUT2D eigenvalue weighted by atomic mass is 32.1. The summed E-state index contributed by atoms with van der Waals surface area (Å²) >= 11 is 5.68. The molecule has 1 aromatic heterocycles. The van der Waals surface area contributed by atoms with Crippen molar-refractivity contribution in [2.24, 2.45) is 0 Å². The maximum Gasteiger partial charge on any atom is 0.419 e. The highest BCUT2D eigenvalue weighted by Gasteiger charge is 2.39. The zero-order valence-corrected chi connectivity index (χ0v) is 16.9. The zero-order chi connectivity index (χ0) is 21.4. The third-order valence-corrected chi connectivity index (χ3v) is 4.99. The number of thiocarbonyl (C=S) groups is 1. The van der Waals surface area contributed by atoms with Crippen LogP contribution in [0, 0.1) is 18.3 Å². The first-order chi connectivity index (χ1) is 13.5. The number of nitrogens with zero attached hydrogens (tertiary/aromatic N) is 4. The topological polar surface area (TPSA) is 52.4 Å². The van der Waals surface area contributed by atoms with Crippen LogP contribution in [0.2, 0.25) is 0 Å². The molecule has 0 radical (unpaired) electrons. The average molecular weight is 420 g/mol. The van der Waals surface area contributed by atoms with E-state index < -0.39 is 23.0 Å². The Bertz CT molecular complexity index is 967. The van der Waals surface area contributed by atoms with Crippen molar-refractivity contribution in [1.29, 1.82) is 5.26 Å². The Kier molecular flexibility index (Phi) is 5.52. The number of hydrogen-bond acceptors (Lipinski definition) is 4. The Morgan fingerprint density at radius 2 is 1.86 bits per heavy atom. The van der Waals surface area contributed by atoms with Gasteiger partial charge in [0.2, 0.25) is 0 Å². The fourth-order valence-corrected chi connectivity index (χ4v) is 3.64. The van der Waals surface area contributed by atoms with Gasteiger partial charge in [-0.05, 0) is 51.2 Å². The van der Waals surface area contributed by atoms with E-state index in [1.807, 2.05) is 49.9 Å². The van der Waals surface area contributed by atoms with E-state index in [9.17, 15) is 13.2 Å². The van der Waals surface area contributed by atoms with Gasteiger partial charge in [0.1, 0.15) is 12.8 Å². The van der Waals surface area contributed by atoms with E-state index in [0.717, 1.165) is 17.3 Å². The van der Waals surface area contributed by atoms with E-state index in [4.69, 9.17) is 22.2 Å². The molecule has 152 valence electrons. The van der Waals surface area contributed by atoms with Crippen LogP contribution in [0.3, 0.4) is 0 Å². The fraction of sp³-hybridized carbons (Fsp3) is 0.350. The molecular weight excluding hydrogens is 401 g/mol. The first-order valence-electron chi connectivity index (χ1n) is 8.78. The zero-order valence-electron chi connectivity index (χ0n) is 16.1. The smallest absolute Gasteiger partial charge is 0.358 e. The van der Waals surface area contributed by atoms with E-state index in [-0.39, 0.29) is 17.5 Å². The van der Waals surface area contributed by atoms with Crippen LogP contribution in [0.4, 0.5) is 24.5 Å². The Labute approximate surface area is 172 Å². The number of alkyl halides is 3. The van der Waals surface area contributed by atoms with Crippen molar-refractivity contribution in [1.82, 2.24) is 4.98 Å². The molecule has 9 heteroatoms. The van der Waals surface area contributed by atoms with Gasteiger partial charge in [-0.3, -0.25) is 4.90 Å². The lowest BCUT2D eigenvalue weighted by Gasteiger charge is -2.39. The van der Waals surface area contributed by atoms with Gasteiger partial charge >= 0.3 is 6.18 Å². The van der Waals surface area contributed by atoms with Gasteiger partial charge in [0.25, 0.3) is 0 Å². The maximum atomic E-state index is 13.4. The molecule has 1 aromatic carbocycles. The quantitative estimate of drug-likeness (QED) is 0.660. The van der Waals surface area contributed by atoms with Crippen LogP contribution in [0.5, 0.6) is 0 Å². The minimum Gasteiger partial charge on any atom is -0.358 e. The summed E-state index contributed by atoms with van der Waals surface area (Å²) in [5, 5.41) is 9.26. The van der Waals surface area contributed by atoms with Crippen LogP contribution in [0.15, 0.2) is 36.5 Å². The van der Waals surface area contributed by atoms with Crippen LogP contribution in [0.25, 0.3) is 0 Å². The molecule has 29 heavy (non-hydrogen) atoms. The molecule has 0 saturated carbocycles. The molecule has 0 N–H and O–H groups in total. The number of aryl methyl sites for hydroxylation is 1. The second kappa shape index (κ2) is 7.61. The standard InChI is InChI=1S/C20H19F3N4OS/c1-13-4-6-14(7-5-13)27-18(29)26(12-28-11-19(27,2)3)15-8-16(20(21,22)23)17(9-24)25-10-15/h4-8,10H,11-12H2,1-3H3. The van der Waals surface area contributed by atoms with Gasteiger partial charge in [-0.1, -0.05) is 17.7 Å². The summed E-state index contributed by atoms with van der Waals surface area (Å²) in [4.78, 5) is 7.01. The second-order valence-electron chi connectivity index (χ2n) is 7.37. The van der Waals surface area contributed by atoms with Gasteiger partial charge in [-0.15, -0.1) is 0 Å². The Morgan fingerprint density at radius 1 is 1.21 bits per heavy atom. The van der Waals surface area contributed by atoms with Crippen molar-refractivity contribution in [2.45, 2.75) is 32.5 Å². The SMILES string of the molecule is Cc1ccc(N2C(=S)N(c3cnc(C#N)c(C(F)(F)F)c3)COCC2(C)C)cc1. The summed E-state index contributed by atoms with van der Waals surface area (Å²) in [6.07, 6.45) is -3.51. The Hall–Kier alpha value is -2.70. The predicted molar refractivity (Wildman–Crippen MR) is 108 cm³/mol. The molecule has 1 aliphatic rings. The van der Waals surface area contributed by atoms with Crippen molar-refractivity contribution in [3.05, 3.63) is 53.3 Å². The van der Waals surface area contributed by atoms with E-state index in [0.29, 0.717) is 6.61 Å². The molecule has 1 fully saturated rings. The second-order valence-corrected chi connectivity index (χ2v) is 7.74. The Balaban J connectivity index is 2.08. The van der Waals surface area contributed by atoms with Crippen molar-refractivity contribution < 1.29 is 17.9 Å². The molecule has 3 rings (SSSR count). The van der Waals surface area contributed by atoms with Crippen molar-refractivity contribution >= 4 is 28.7 Å². The molecule has 1 saturated heterocycles. The molecule has 0 bridgehead atoms. The number of benzene rings is 1. The number of aromatic nitrogens is 1. The van der Waals surface area contributed by atoms with Crippen LogP contribution < -0.4 is 9.80 Å². The lowest BCUT2D eigenvalue weighted by atomic mass is 10.0. The normalized spacial score (nSPS) is 17.1. The number of pyridine rings is 1. The summed E-state index contributed by atoms with van der Waals surface area (Å²) in [7, 11) is 0. The summed E-state index contributed by atoms with van der Waals surface area (Å²) in [6.45, 7) is 6.14. The minimum atomic E-state index is -4.71. The van der Waals surface area contributed by atoms with Crippen LogP contribution >= 0.6 is 12.2 Å². The predicted octanol–water partition coefficient (Wildman–Crippen LogP) is 4.64. The molecule has 2 aromatic rings. The number of halogens is 3. The number of ether oxygens (including phenoxy) is 1. The Morgan fingerprint density at radius 3 is 2.45 bits per heavy atom. The highest BCUT2D eigenvalue weighted by molar-refractivity contribution is 7.80. The minimum absolute atomic E-state index is 0.0322. The van der Waals surface area contributed by atoms with Gasteiger partial charge in [0, 0.05) is 5.69 Å². The first-order valence-corrected chi connectivity index (χ1v) is 9.19.